The smallest absolute Gasteiger partial charge is 0.295 e. The number of aromatic nitrogens is 3. The van der Waals surface area contributed by atoms with Gasteiger partial charge in [-0.15, -0.1) is 5.10 Å². The number of ether oxygens (including phenoxy) is 1. The first-order valence-electron chi connectivity index (χ1n) is 6.79. The maximum Gasteiger partial charge on any atom is 0.295 e. The Kier molecular flexibility index (Phi) is 5.16. The van der Waals surface area contributed by atoms with E-state index in [1.807, 2.05) is 13.8 Å². The van der Waals surface area contributed by atoms with Gasteiger partial charge in [-0.05, 0) is 24.6 Å². The molecule has 1 heterocycles. The van der Waals surface area contributed by atoms with Crippen LogP contribution in [0.15, 0.2) is 18.2 Å². The summed E-state index contributed by atoms with van der Waals surface area (Å²) in [5, 5.41) is 9.70. The molecule has 0 aliphatic rings. The van der Waals surface area contributed by atoms with Gasteiger partial charge >= 0.3 is 0 Å². The van der Waals surface area contributed by atoms with Crippen LogP contribution in [0, 0.1) is 0 Å². The molecular formula is C14H17ClN4O2. The average Bonchev–Trinajstić information content (AvgIpc) is 2.95. The fraction of sp³-hybridized carbons (Fsp3) is 0.357. The summed E-state index contributed by atoms with van der Waals surface area (Å²) in [6.07, 6.45) is 1.59. The number of hydrogen-bond donors (Lipinski definition) is 2. The zero-order valence-corrected chi connectivity index (χ0v) is 12.7. The molecule has 112 valence electrons. The molecule has 0 saturated carbocycles. The number of amides is 1. The lowest BCUT2D eigenvalue weighted by molar-refractivity contribution is 0.101. The number of aromatic amines is 1. The monoisotopic (exact) mass is 308 g/mol. The van der Waals surface area contributed by atoms with Crippen LogP contribution in [0.5, 0.6) is 5.75 Å². The Hall–Kier alpha value is -2.08. The highest BCUT2D eigenvalue weighted by molar-refractivity contribution is 6.32. The number of carbonyl (C=O) groups excluding carboxylic acids is 1. The van der Waals surface area contributed by atoms with Crippen LogP contribution >= 0.6 is 11.6 Å². The molecule has 0 spiro atoms. The molecule has 2 rings (SSSR count). The first kappa shape index (κ1) is 15.3. The Balaban J connectivity index is 2.05. The topological polar surface area (TPSA) is 79.9 Å². The van der Waals surface area contributed by atoms with Gasteiger partial charge in [0.2, 0.25) is 5.82 Å². The fourth-order valence-corrected chi connectivity index (χ4v) is 1.88. The number of anilines is 1. The minimum Gasteiger partial charge on any atom is -0.492 e. The third-order valence-electron chi connectivity index (χ3n) is 2.72. The largest absolute Gasteiger partial charge is 0.492 e. The van der Waals surface area contributed by atoms with Crippen molar-refractivity contribution >= 4 is 23.2 Å². The van der Waals surface area contributed by atoms with Crippen LogP contribution in [0.1, 0.15) is 36.7 Å². The van der Waals surface area contributed by atoms with Crippen molar-refractivity contribution in [2.24, 2.45) is 0 Å². The molecule has 0 radical (unpaired) electrons. The summed E-state index contributed by atoms with van der Waals surface area (Å²) < 4.78 is 5.47. The number of nitrogens with one attached hydrogen (secondary N) is 2. The van der Waals surface area contributed by atoms with Gasteiger partial charge in [0.1, 0.15) is 11.6 Å². The maximum atomic E-state index is 12.0. The van der Waals surface area contributed by atoms with Crippen molar-refractivity contribution in [3.63, 3.8) is 0 Å². The van der Waals surface area contributed by atoms with E-state index in [0.29, 0.717) is 35.3 Å². The number of halogens is 1. The van der Waals surface area contributed by atoms with Crippen LogP contribution < -0.4 is 10.1 Å². The third kappa shape index (κ3) is 3.95. The Morgan fingerprint density at radius 2 is 2.24 bits per heavy atom. The highest BCUT2D eigenvalue weighted by Gasteiger charge is 2.13. The van der Waals surface area contributed by atoms with E-state index in [4.69, 9.17) is 16.3 Å². The molecule has 0 saturated heterocycles. The second-order valence-corrected chi connectivity index (χ2v) is 4.81. The van der Waals surface area contributed by atoms with Gasteiger partial charge in [0.25, 0.3) is 5.91 Å². The van der Waals surface area contributed by atoms with Crippen molar-refractivity contribution in [1.29, 1.82) is 0 Å². The molecule has 6 nitrogen and oxygen atoms in total. The van der Waals surface area contributed by atoms with Crippen molar-refractivity contribution in [3.8, 4) is 5.75 Å². The van der Waals surface area contributed by atoms with Crippen molar-refractivity contribution in [2.75, 3.05) is 11.9 Å². The van der Waals surface area contributed by atoms with E-state index in [0.717, 1.165) is 6.42 Å². The van der Waals surface area contributed by atoms with Gasteiger partial charge in [0.05, 0.1) is 11.6 Å². The van der Waals surface area contributed by atoms with Crippen LogP contribution in [0.2, 0.25) is 5.02 Å². The van der Waals surface area contributed by atoms with E-state index in [9.17, 15) is 4.79 Å². The van der Waals surface area contributed by atoms with Gasteiger partial charge in [-0.1, -0.05) is 25.4 Å². The molecule has 0 aliphatic carbocycles. The molecule has 1 amide bonds. The predicted molar refractivity (Wildman–Crippen MR) is 81.0 cm³/mol. The lowest BCUT2D eigenvalue weighted by Gasteiger charge is -2.09. The summed E-state index contributed by atoms with van der Waals surface area (Å²) >= 11 is 6.11. The van der Waals surface area contributed by atoms with Crippen LogP contribution in [-0.4, -0.2) is 27.7 Å². The molecule has 0 fully saturated rings. The second-order valence-electron chi connectivity index (χ2n) is 4.41. The van der Waals surface area contributed by atoms with E-state index in [1.165, 1.54) is 0 Å². The van der Waals surface area contributed by atoms with Gasteiger partial charge in [0.15, 0.2) is 0 Å². The van der Waals surface area contributed by atoms with Gasteiger partial charge in [-0.25, -0.2) is 4.98 Å². The van der Waals surface area contributed by atoms with Crippen molar-refractivity contribution < 1.29 is 9.53 Å². The lowest BCUT2D eigenvalue weighted by Crippen LogP contribution is -2.13. The summed E-state index contributed by atoms with van der Waals surface area (Å²) in [6.45, 7) is 4.54. The van der Waals surface area contributed by atoms with Crippen LogP contribution in [0.25, 0.3) is 0 Å². The minimum atomic E-state index is -0.385. The normalized spacial score (nSPS) is 10.4. The molecule has 0 unspecified atom stereocenters. The Bertz CT molecular complexity index is 627. The van der Waals surface area contributed by atoms with Crippen molar-refractivity contribution in [1.82, 2.24) is 15.2 Å². The summed E-state index contributed by atoms with van der Waals surface area (Å²) in [5.41, 5.74) is 0.566. The Labute approximate surface area is 127 Å². The van der Waals surface area contributed by atoms with Crippen LogP contribution in [0.4, 0.5) is 5.69 Å². The zero-order chi connectivity index (χ0) is 15.2. The van der Waals surface area contributed by atoms with Crippen molar-refractivity contribution in [2.45, 2.75) is 26.7 Å². The van der Waals surface area contributed by atoms with Crippen LogP contribution in [-0.2, 0) is 6.42 Å². The Morgan fingerprint density at radius 1 is 1.43 bits per heavy atom. The molecule has 1 aromatic carbocycles. The quantitative estimate of drug-likeness (QED) is 0.859. The van der Waals surface area contributed by atoms with E-state index >= 15 is 0 Å². The first-order chi connectivity index (χ1) is 10.1. The number of aryl methyl sites for hydroxylation is 1. The van der Waals surface area contributed by atoms with Gasteiger partial charge < -0.3 is 10.1 Å². The highest BCUT2D eigenvalue weighted by Crippen LogP contribution is 2.27. The number of rotatable bonds is 6. The molecule has 21 heavy (non-hydrogen) atoms. The van der Waals surface area contributed by atoms with E-state index in [2.05, 4.69) is 20.5 Å². The van der Waals surface area contributed by atoms with Crippen LogP contribution in [0.3, 0.4) is 0 Å². The zero-order valence-electron chi connectivity index (χ0n) is 11.9. The molecule has 7 heteroatoms. The molecule has 0 bridgehead atoms. The molecule has 0 aliphatic heterocycles. The second kappa shape index (κ2) is 7.08. The number of carbonyl (C=O) groups is 1. The number of nitrogens with zero attached hydrogens (tertiary/aromatic N) is 2. The summed E-state index contributed by atoms with van der Waals surface area (Å²) in [4.78, 5) is 16.1. The minimum absolute atomic E-state index is 0.106. The van der Waals surface area contributed by atoms with Gasteiger partial charge in [0, 0.05) is 12.1 Å². The highest BCUT2D eigenvalue weighted by atomic mass is 35.5. The average molecular weight is 309 g/mol. The number of hydrogen-bond acceptors (Lipinski definition) is 4. The molecule has 1 aromatic heterocycles. The first-order valence-corrected chi connectivity index (χ1v) is 7.16. The fourth-order valence-electron chi connectivity index (χ4n) is 1.65. The molecular weight excluding hydrogens is 292 g/mol. The molecule has 2 N–H and O–H groups in total. The van der Waals surface area contributed by atoms with Crippen molar-refractivity contribution in [3.05, 3.63) is 34.9 Å². The van der Waals surface area contributed by atoms with E-state index in [-0.39, 0.29) is 11.7 Å². The Morgan fingerprint density at radius 3 is 2.86 bits per heavy atom. The van der Waals surface area contributed by atoms with E-state index in [1.54, 1.807) is 18.2 Å². The summed E-state index contributed by atoms with van der Waals surface area (Å²) in [5.74, 6) is 0.989. The van der Waals surface area contributed by atoms with Gasteiger partial charge in [-0.2, -0.15) is 0 Å². The molecule has 0 atom stereocenters. The number of H-pyrrole nitrogens is 1. The lowest BCUT2D eigenvalue weighted by atomic mass is 10.3. The predicted octanol–water partition coefficient (Wildman–Crippen LogP) is 3.06. The maximum absolute atomic E-state index is 12.0. The number of benzene rings is 1. The standard InChI is InChI=1S/C14H17ClN4O2/c1-3-7-21-11-6-5-9(8-10(11)15)16-14(20)13-17-12(4-2)18-19-13/h5-6,8H,3-4,7H2,1-2H3,(H,16,20)(H,17,18,19). The third-order valence-corrected chi connectivity index (χ3v) is 3.02. The summed E-state index contributed by atoms with van der Waals surface area (Å²) in [6, 6.07) is 5.09. The SMILES string of the molecule is CCCOc1ccc(NC(=O)c2n[nH]c(CC)n2)cc1Cl. The molecule has 2 aromatic rings. The summed E-state index contributed by atoms with van der Waals surface area (Å²) in [7, 11) is 0. The van der Waals surface area contributed by atoms with E-state index < -0.39 is 0 Å². The van der Waals surface area contributed by atoms with Gasteiger partial charge in [-0.3, -0.25) is 9.89 Å².